The molecule has 1 aliphatic heterocycles. The molecule has 0 saturated heterocycles. The third-order valence-electron chi connectivity index (χ3n) is 3.75. The van der Waals surface area contributed by atoms with E-state index in [1.807, 2.05) is 18.2 Å². The summed E-state index contributed by atoms with van der Waals surface area (Å²) >= 11 is 0. The second-order valence-corrected chi connectivity index (χ2v) is 5.18. The molecule has 0 atom stereocenters. The minimum atomic E-state index is -0.299. The number of halogens is 1. The molecule has 21 heavy (non-hydrogen) atoms. The molecule has 2 N–H and O–H groups in total. The van der Waals surface area contributed by atoms with Crippen molar-refractivity contribution in [3.05, 3.63) is 70.5 Å². The van der Waals surface area contributed by atoms with Crippen LogP contribution in [-0.4, -0.2) is 12.5 Å². The molecular formula is C17H17FN2O. The molecule has 0 bridgehead atoms. The summed E-state index contributed by atoms with van der Waals surface area (Å²) in [6.07, 6.45) is 0.993. The standard InChI is InChI=1S/C17H17FN2O/c18-16-4-2-1-3-14(16)11-20-17(21)13-6-5-12-7-8-19-10-15(12)9-13/h1-6,9,19H,7-8,10-11H2,(H,20,21). The van der Waals surface area contributed by atoms with Crippen LogP contribution in [0.5, 0.6) is 0 Å². The molecule has 0 spiro atoms. The van der Waals surface area contributed by atoms with Gasteiger partial charge in [0.05, 0.1) is 0 Å². The van der Waals surface area contributed by atoms with Crippen LogP contribution >= 0.6 is 0 Å². The van der Waals surface area contributed by atoms with Crippen LogP contribution in [0.1, 0.15) is 27.0 Å². The topological polar surface area (TPSA) is 41.1 Å². The lowest BCUT2D eigenvalue weighted by molar-refractivity contribution is 0.0950. The van der Waals surface area contributed by atoms with Gasteiger partial charge in [0.1, 0.15) is 5.82 Å². The molecule has 3 nitrogen and oxygen atoms in total. The average molecular weight is 284 g/mol. The Morgan fingerprint density at radius 1 is 1.19 bits per heavy atom. The number of carbonyl (C=O) groups excluding carboxylic acids is 1. The van der Waals surface area contributed by atoms with Crippen LogP contribution in [-0.2, 0) is 19.5 Å². The predicted molar refractivity (Wildman–Crippen MR) is 79.4 cm³/mol. The molecular weight excluding hydrogens is 267 g/mol. The molecule has 0 radical (unpaired) electrons. The van der Waals surface area contributed by atoms with Crippen LogP contribution in [0.2, 0.25) is 0 Å². The number of hydrogen-bond donors (Lipinski definition) is 2. The van der Waals surface area contributed by atoms with E-state index in [1.165, 1.54) is 17.2 Å². The largest absolute Gasteiger partial charge is 0.348 e. The Morgan fingerprint density at radius 2 is 2.05 bits per heavy atom. The lowest BCUT2D eigenvalue weighted by Gasteiger charge is -2.17. The van der Waals surface area contributed by atoms with Gasteiger partial charge in [0.15, 0.2) is 0 Å². The first-order valence-electron chi connectivity index (χ1n) is 7.08. The summed E-state index contributed by atoms with van der Waals surface area (Å²) in [4.78, 5) is 12.2. The monoisotopic (exact) mass is 284 g/mol. The molecule has 1 aliphatic rings. The van der Waals surface area contributed by atoms with E-state index in [1.54, 1.807) is 18.2 Å². The van der Waals surface area contributed by atoms with E-state index < -0.39 is 0 Å². The Bertz CT molecular complexity index is 670. The van der Waals surface area contributed by atoms with Crippen LogP contribution in [0.4, 0.5) is 4.39 Å². The van der Waals surface area contributed by atoms with Gasteiger partial charge in [0, 0.05) is 24.2 Å². The van der Waals surface area contributed by atoms with Gasteiger partial charge in [0.2, 0.25) is 0 Å². The van der Waals surface area contributed by atoms with Crippen LogP contribution < -0.4 is 10.6 Å². The number of nitrogens with one attached hydrogen (secondary N) is 2. The molecule has 0 aliphatic carbocycles. The van der Waals surface area contributed by atoms with E-state index in [4.69, 9.17) is 0 Å². The van der Waals surface area contributed by atoms with E-state index >= 15 is 0 Å². The molecule has 0 aromatic heterocycles. The van der Waals surface area contributed by atoms with E-state index in [0.29, 0.717) is 11.1 Å². The molecule has 0 fully saturated rings. The predicted octanol–water partition coefficient (Wildman–Crippen LogP) is 2.40. The number of amides is 1. The third-order valence-corrected chi connectivity index (χ3v) is 3.75. The molecule has 1 amide bonds. The van der Waals surface area contributed by atoms with Gasteiger partial charge >= 0.3 is 0 Å². The minimum Gasteiger partial charge on any atom is -0.348 e. The zero-order chi connectivity index (χ0) is 14.7. The van der Waals surface area contributed by atoms with Crippen molar-refractivity contribution in [1.82, 2.24) is 10.6 Å². The van der Waals surface area contributed by atoms with Gasteiger partial charge in [-0.15, -0.1) is 0 Å². The number of hydrogen-bond acceptors (Lipinski definition) is 2. The van der Waals surface area contributed by atoms with Gasteiger partial charge < -0.3 is 10.6 Å². The number of carbonyl (C=O) groups is 1. The summed E-state index contributed by atoms with van der Waals surface area (Å²) in [5.41, 5.74) is 3.57. The number of benzene rings is 2. The molecule has 0 unspecified atom stereocenters. The molecule has 1 heterocycles. The zero-order valence-electron chi connectivity index (χ0n) is 11.7. The zero-order valence-corrected chi connectivity index (χ0v) is 11.7. The number of fused-ring (bicyclic) bond motifs is 1. The highest BCUT2D eigenvalue weighted by Crippen LogP contribution is 2.16. The summed E-state index contributed by atoms with van der Waals surface area (Å²) in [6.45, 7) is 1.97. The first-order chi connectivity index (χ1) is 10.2. The summed E-state index contributed by atoms with van der Waals surface area (Å²) in [5.74, 6) is -0.473. The maximum atomic E-state index is 13.5. The van der Waals surface area contributed by atoms with Gasteiger partial charge in [-0.3, -0.25) is 4.79 Å². The highest BCUT2D eigenvalue weighted by atomic mass is 19.1. The lowest BCUT2D eigenvalue weighted by Crippen LogP contribution is -2.26. The van der Waals surface area contributed by atoms with Gasteiger partial charge in [-0.1, -0.05) is 24.3 Å². The molecule has 4 heteroatoms. The third kappa shape index (κ3) is 3.11. The summed E-state index contributed by atoms with van der Waals surface area (Å²) in [6, 6.07) is 12.2. The molecule has 0 saturated carbocycles. The van der Waals surface area contributed by atoms with Crippen molar-refractivity contribution in [2.45, 2.75) is 19.5 Å². The van der Waals surface area contributed by atoms with Gasteiger partial charge in [-0.25, -0.2) is 4.39 Å². The lowest BCUT2D eigenvalue weighted by atomic mass is 9.98. The molecule has 108 valence electrons. The van der Waals surface area contributed by atoms with Crippen LogP contribution in [0.3, 0.4) is 0 Å². The van der Waals surface area contributed by atoms with Crippen LogP contribution in [0.15, 0.2) is 42.5 Å². The average Bonchev–Trinajstić information content (AvgIpc) is 2.53. The van der Waals surface area contributed by atoms with Gasteiger partial charge in [-0.2, -0.15) is 0 Å². The Hall–Kier alpha value is -2.20. The summed E-state index contributed by atoms with van der Waals surface area (Å²) < 4.78 is 13.5. The minimum absolute atomic E-state index is 0.174. The maximum Gasteiger partial charge on any atom is 0.251 e. The van der Waals surface area contributed by atoms with Crippen molar-refractivity contribution in [2.75, 3.05) is 6.54 Å². The van der Waals surface area contributed by atoms with Crippen molar-refractivity contribution < 1.29 is 9.18 Å². The SMILES string of the molecule is O=C(NCc1ccccc1F)c1ccc2c(c1)CNCC2. The van der Waals surface area contributed by atoms with E-state index in [0.717, 1.165) is 19.5 Å². The first-order valence-corrected chi connectivity index (χ1v) is 7.08. The van der Waals surface area contributed by atoms with Gasteiger partial charge in [-0.05, 0) is 42.3 Å². The van der Waals surface area contributed by atoms with Crippen molar-refractivity contribution in [3.8, 4) is 0 Å². The summed E-state index contributed by atoms with van der Waals surface area (Å²) in [7, 11) is 0. The van der Waals surface area contributed by atoms with E-state index in [-0.39, 0.29) is 18.3 Å². The van der Waals surface area contributed by atoms with Gasteiger partial charge in [0.25, 0.3) is 5.91 Å². The molecule has 3 rings (SSSR count). The Labute approximate surface area is 123 Å². The second-order valence-electron chi connectivity index (χ2n) is 5.18. The second kappa shape index (κ2) is 6.06. The van der Waals surface area contributed by atoms with Crippen LogP contribution in [0, 0.1) is 5.82 Å². The van der Waals surface area contributed by atoms with Crippen LogP contribution in [0.25, 0.3) is 0 Å². The first kappa shape index (κ1) is 13.8. The highest BCUT2D eigenvalue weighted by Gasteiger charge is 2.12. The van der Waals surface area contributed by atoms with Crippen molar-refractivity contribution >= 4 is 5.91 Å². The number of rotatable bonds is 3. The molecule has 2 aromatic carbocycles. The maximum absolute atomic E-state index is 13.5. The van der Waals surface area contributed by atoms with Crippen molar-refractivity contribution in [1.29, 1.82) is 0 Å². The smallest absolute Gasteiger partial charge is 0.251 e. The Kier molecular flexibility index (Phi) is 3.97. The normalized spacial score (nSPS) is 13.6. The molecule has 2 aromatic rings. The fraction of sp³-hybridized carbons (Fsp3) is 0.235. The van der Waals surface area contributed by atoms with Crippen molar-refractivity contribution in [2.24, 2.45) is 0 Å². The van der Waals surface area contributed by atoms with Crippen molar-refractivity contribution in [3.63, 3.8) is 0 Å². The quantitative estimate of drug-likeness (QED) is 0.908. The fourth-order valence-corrected chi connectivity index (χ4v) is 2.54. The fourth-order valence-electron chi connectivity index (χ4n) is 2.54. The Balaban J connectivity index is 1.69. The summed E-state index contributed by atoms with van der Waals surface area (Å²) in [5, 5.41) is 6.05. The highest BCUT2D eigenvalue weighted by molar-refractivity contribution is 5.94. The van der Waals surface area contributed by atoms with E-state index in [2.05, 4.69) is 10.6 Å². The van der Waals surface area contributed by atoms with E-state index in [9.17, 15) is 9.18 Å². The Morgan fingerprint density at radius 3 is 2.90 bits per heavy atom.